The molecule has 4 aliphatic rings. The van der Waals surface area contributed by atoms with Crippen molar-refractivity contribution >= 4 is 5.78 Å². The zero-order valence-corrected chi connectivity index (χ0v) is 14.2. The summed E-state index contributed by atoms with van der Waals surface area (Å²) in [4.78, 5) is 12.2. The van der Waals surface area contributed by atoms with E-state index < -0.39 is 0 Å². The fraction of sp³-hybridized carbons (Fsp3) is 0.950. The average Bonchev–Trinajstić information content (AvgIpc) is 2.82. The lowest BCUT2D eigenvalue weighted by Crippen LogP contribution is -2.54. The van der Waals surface area contributed by atoms with Crippen LogP contribution in [0.25, 0.3) is 0 Å². The van der Waals surface area contributed by atoms with E-state index in [1.165, 1.54) is 51.4 Å². The van der Waals surface area contributed by atoms with E-state index in [1.807, 2.05) is 0 Å². The number of carbonyl (C=O) groups is 1. The maximum Gasteiger partial charge on any atom is 0.136 e. The molecule has 1 unspecified atom stereocenters. The van der Waals surface area contributed by atoms with Crippen molar-refractivity contribution in [2.24, 2.45) is 40.4 Å². The molecule has 7 atom stereocenters. The van der Waals surface area contributed by atoms with Crippen LogP contribution in [0.5, 0.6) is 0 Å². The maximum atomic E-state index is 12.2. The molecular weight excluding hydrogens is 256 g/mol. The lowest BCUT2D eigenvalue weighted by Gasteiger charge is -2.60. The highest BCUT2D eigenvalue weighted by atomic mass is 16.1. The fourth-order valence-electron chi connectivity index (χ4n) is 7.40. The van der Waals surface area contributed by atoms with Gasteiger partial charge in [0, 0.05) is 12.3 Å². The molecule has 0 heterocycles. The molecule has 0 amide bonds. The molecule has 0 spiro atoms. The van der Waals surface area contributed by atoms with Gasteiger partial charge in [-0.2, -0.15) is 0 Å². The van der Waals surface area contributed by atoms with Crippen molar-refractivity contribution in [2.45, 2.75) is 78.6 Å². The van der Waals surface area contributed by atoms with Crippen LogP contribution in [0, 0.1) is 40.4 Å². The Morgan fingerprint density at radius 1 is 1.00 bits per heavy atom. The van der Waals surface area contributed by atoms with Gasteiger partial charge in [0.15, 0.2) is 0 Å². The Morgan fingerprint density at radius 2 is 1.81 bits per heavy atom. The van der Waals surface area contributed by atoms with Gasteiger partial charge < -0.3 is 0 Å². The van der Waals surface area contributed by atoms with E-state index in [-0.39, 0.29) is 0 Å². The smallest absolute Gasteiger partial charge is 0.136 e. The summed E-state index contributed by atoms with van der Waals surface area (Å²) in [6.45, 7) is 7.34. The Labute approximate surface area is 130 Å². The second kappa shape index (κ2) is 4.59. The van der Waals surface area contributed by atoms with Crippen LogP contribution in [0.15, 0.2) is 0 Å². The molecule has 4 fully saturated rings. The molecule has 21 heavy (non-hydrogen) atoms. The van der Waals surface area contributed by atoms with E-state index in [0.29, 0.717) is 28.4 Å². The Hall–Kier alpha value is -0.330. The van der Waals surface area contributed by atoms with Crippen molar-refractivity contribution in [1.82, 2.24) is 0 Å². The Kier molecular flexibility index (Phi) is 3.12. The topological polar surface area (TPSA) is 17.1 Å². The highest BCUT2D eigenvalue weighted by Crippen LogP contribution is 2.66. The molecule has 0 radical (unpaired) electrons. The molecule has 0 aromatic rings. The molecule has 0 aliphatic heterocycles. The average molecular weight is 288 g/mol. The predicted molar refractivity (Wildman–Crippen MR) is 85.9 cm³/mol. The van der Waals surface area contributed by atoms with E-state index >= 15 is 0 Å². The highest BCUT2D eigenvalue weighted by molar-refractivity contribution is 5.82. The van der Waals surface area contributed by atoms with Crippen LogP contribution in [-0.2, 0) is 4.79 Å². The number of hydrogen-bond acceptors (Lipinski definition) is 1. The van der Waals surface area contributed by atoms with Crippen LogP contribution >= 0.6 is 0 Å². The summed E-state index contributed by atoms with van der Waals surface area (Å²) in [5, 5.41) is 0. The first-order valence-corrected chi connectivity index (χ1v) is 9.47. The molecule has 0 saturated heterocycles. The summed E-state index contributed by atoms with van der Waals surface area (Å²) in [6.07, 6.45) is 12.2. The largest absolute Gasteiger partial charge is 0.299 e. The minimum atomic E-state index is 0.321. The quantitative estimate of drug-likeness (QED) is 0.596. The number of hydrogen-bond donors (Lipinski definition) is 0. The predicted octanol–water partition coefficient (Wildman–Crippen LogP) is 5.23. The number of Topliss-reactive ketones (excluding diaryl/α,β-unsaturated/α-hetero) is 1. The molecule has 1 nitrogen and oxygen atoms in total. The molecule has 118 valence electrons. The first-order valence-electron chi connectivity index (χ1n) is 9.47. The van der Waals surface area contributed by atoms with Crippen LogP contribution in [0.2, 0.25) is 0 Å². The molecule has 0 aromatic heterocycles. The second-order valence-electron chi connectivity index (χ2n) is 9.52. The normalized spacial score (nSPS) is 56.5. The van der Waals surface area contributed by atoms with E-state index in [9.17, 15) is 4.79 Å². The molecule has 4 saturated carbocycles. The van der Waals surface area contributed by atoms with Crippen molar-refractivity contribution < 1.29 is 4.79 Å². The van der Waals surface area contributed by atoms with Crippen LogP contribution in [0.4, 0.5) is 0 Å². The summed E-state index contributed by atoms with van der Waals surface area (Å²) < 4.78 is 0. The summed E-state index contributed by atoms with van der Waals surface area (Å²) in [5.74, 6) is 4.48. The van der Waals surface area contributed by atoms with Crippen LogP contribution in [0.3, 0.4) is 0 Å². The van der Waals surface area contributed by atoms with Gasteiger partial charge in [0.1, 0.15) is 5.78 Å². The van der Waals surface area contributed by atoms with E-state index in [2.05, 4.69) is 20.8 Å². The highest BCUT2D eigenvalue weighted by Gasteiger charge is 2.58. The SMILES string of the molecule is CC1C[C@@]2(C)[C@@H](CC[C@H]3[C@@H]4CCC[C@@]4(C)CC[C@@H]32)CC1=O. The maximum absolute atomic E-state index is 12.2. The van der Waals surface area contributed by atoms with Crippen molar-refractivity contribution in [2.75, 3.05) is 0 Å². The number of fused-ring (bicyclic) bond motifs is 5. The van der Waals surface area contributed by atoms with Gasteiger partial charge in [-0.1, -0.05) is 27.2 Å². The van der Waals surface area contributed by atoms with Crippen LogP contribution < -0.4 is 0 Å². The summed E-state index contributed by atoms with van der Waals surface area (Å²) >= 11 is 0. The molecule has 1 heteroatoms. The van der Waals surface area contributed by atoms with Crippen molar-refractivity contribution in [3.8, 4) is 0 Å². The monoisotopic (exact) mass is 288 g/mol. The third kappa shape index (κ3) is 1.91. The fourth-order valence-corrected chi connectivity index (χ4v) is 7.40. The third-order valence-electron chi connectivity index (χ3n) is 8.59. The van der Waals surface area contributed by atoms with Crippen LogP contribution in [-0.4, -0.2) is 5.78 Å². The molecule has 0 N–H and O–H groups in total. The van der Waals surface area contributed by atoms with E-state index in [0.717, 1.165) is 24.2 Å². The standard InChI is InChI=1S/C20H32O/c1-13-12-20(3)14(11-18(13)21)6-7-15-16-5-4-9-19(16,2)10-8-17(15)20/h13-17H,4-12H2,1-3H3/t13?,14-,15-,16-,17-,19-,20-/m0/s1. The Balaban J connectivity index is 1.65. The first-order chi connectivity index (χ1) is 9.94. The number of ketones is 1. The first kappa shape index (κ1) is 14.3. The van der Waals surface area contributed by atoms with Gasteiger partial charge in [-0.3, -0.25) is 4.79 Å². The minimum Gasteiger partial charge on any atom is -0.299 e. The van der Waals surface area contributed by atoms with Crippen molar-refractivity contribution in [3.63, 3.8) is 0 Å². The van der Waals surface area contributed by atoms with Gasteiger partial charge in [0.25, 0.3) is 0 Å². The summed E-state index contributed by atoms with van der Waals surface area (Å²) in [5.41, 5.74) is 1.14. The van der Waals surface area contributed by atoms with E-state index in [1.54, 1.807) is 0 Å². The van der Waals surface area contributed by atoms with E-state index in [4.69, 9.17) is 0 Å². The number of rotatable bonds is 0. The lowest BCUT2D eigenvalue weighted by molar-refractivity contribution is -0.144. The van der Waals surface area contributed by atoms with Crippen molar-refractivity contribution in [3.05, 3.63) is 0 Å². The summed E-state index contributed by atoms with van der Waals surface area (Å²) in [7, 11) is 0. The van der Waals surface area contributed by atoms with Gasteiger partial charge in [-0.15, -0.1) is 0 Å². The third-order valence-corrected chi connectivity index (χ3v) is 8.59. The van der Waals surface area contributed by atoms with Crippen molar-refractivity contribution in [1.29, 1.82) is 0 Å². The van der Waals surface area contributed by atoms with Gasteiger partial charge >= 0.3 is 0 Å². The summed E-state index contributed by atoms with van der Waals surface area (Å²) in [6, 6.07) is 0. The number of carbonyl (C=O) groups excluding carboxylic acids is 1. The van der Waals surface area contributed by atoms with Gasteiger partial charge in [-0.05, 0) is 79.4 Å². The second-order valence-corrected chi connectivity index (χ2v) is 9.52. The van der Waals surface area contributed by atoms with Crippen LogP contribution in [0.1, 0.15) is 78.6 Å². The molecular formula is C20H32O. The molecule has 0 aromatic carbocycles. The Morgan fingerprint density at radius 3 is 2.62 bits per heavy atom. The molecule has 4 rings (SSSR count). The molecule has 4 aliphatic carbocycles. The van der Waals surface area contributed by atoms with Gasteiger partial charge in [0.05, 0.1) is 0 Å². The lowest BCUT2D eigenvalue weighted by atomic mass is 9.44. The molecule has 0 bridgehead atoms. The minimum absolute atomic E-state index is 0.321. The Bertz CT molecular complexity index is 455. The zero-order chi connectivity index (χ0) is 14.8. The van der Waals surface area contributed by atoms with Gasteiger partial charge in [-0.25, -0.2) is 0 Å². The zero-order valence-electron chi connectivity index (χ0n) is 14.2. The van der Waals surface area contributed by atoms with Gasteiger partial charge in [0.2, 0.25) is 0 Å².